The van der Waals surface area contributed by atoms with Gasteiger partial charge in [-0.15, -0.1) is 0 Å². The third-order valence-corrected chi connectivity index (χ3v) is 7.69. The molecule has 1 unspecified atom stereocenters. The van der Waals surface area contributed by atoms with E-state index in [1.165, 1.54) is 6.26 Å². The second-order valence-corrected chi connectivity index (χ2v) is 11.4. The highest BCUT2D eigenvalue weighted by Crippen LogP contribution is 2.32. The minimum atomic E-state index is -3.34. The minimum absolute atomic E-state index is 0.0642. The quantitative estimate of drug-likeness (QED) is 0.623. The van der Waals surface area contributed by atoms with Gasteiger partial charge in [0.2, 0.25) is 15.9 Å². The molecule has 1 aromatic heterocycles. The predicted molar refractivity (Wildman–Crippen MR) is 133 cm³/mol. The number of piperidine rings is 2. The lowest BCUT2D eigenvalue weighted by Gasteiger charge is -2.39. The summed E-state index contributed by atoms with van der Waals surface area (Å²) in [6.45, 7) is 3.96. The molecule has 34 heavy (non-hydrogen) atoms. The molecule has 2 aliphatic heterocycles. The number of nitrogen functional groups attached to an aromatic ring is 1. The molecular weight excluding hydrogens is 450 g/mol. The number of anilines is 1. The maximum Gasteiger partial charge on any atom is 0.225 e. The van der Waals surface area contributed by atoms with E-state index in [9.17, 15) is 13.2 Å². The third kappa shape index (κ3) is 6.55. The summed E-state index contributed by atoms with van der Waals surface area (Å²) in [6.07, 6.45) is 6.24. The highest BCUT2D eigenvalue weighted by Gasteiger charge is 2.34. The topological polar surface area (TPSA) is 109 Å². The van der Waals surface area contributed by atoms with Gasteiger partial charge in [-0.3, -0.25) is 9.69 Å². The highest BCUT2D eigenvalue weighted by atomic mass is 32.2. The molecule has 2 fully saturated rings. The van der Waals surface area contributed by atoms with Gasteiger partial charge in [-0.2, -0.15) is 0 Å². The normalized spacial score (nSPS) is 19.7. The number of carbonyl (C=O) groups excluding carboxylic acids is 1. The Morgan fingerprint density at radius 1 is 1.09 bits per heavy atom. The fraction of sp³-hybridized carbons (Fsp3) is 0.520. The van der Waals surface area contributed by atoms with Crippen LogP contribution < -0.4 is 10.5 Å². The monoisotopic (exact) mass is 485 g/mol. The second kappa shape index (κ2) is 10.8. The van der Waals surface area contributed by atoms with Gasteiger partial charge in [-0.25, -0.2) is 18.1 Å². The Bertz CT molecular complexity index is 1060. The van der Waals surface area contributed by atoms with Gasteiger partial charge in [0.1, 0.15) is 5.82 Å². The lowest BCUT2D eigenvalue weighted by atomic mass is 9.85. The molecule has 184 valence electrons. The smallest absolute Gasteiger partial charge is 0.225 e. The number of nitrogens with one attached hydrogen (secondary N) is 1. The molecule has 9 heteroatoms. The van der Waals surface area contributed by atoms with Crippen molar-refractivity contribution >= 4 is 21.7 Å². The van der Waals surface area contributed by atoms with Crippen LogP contribution >= 0.6 is 0 Å². The number of sulfonamides is 1. The average Bonchev–Trinajstić information content (AvgIpc) is 2.83. The molecule has 0 aliphatic carbocycles. The van der Waals surface area contributed by atoms with Crippen LogP contribution in [0, 0.1) is 11.8 Å². The van der Waals surface area contributed by atoms with Crippen molar-refractivity contribution in [2.45, 2.75) is 38.3 Å². The zero-order chi connectivity index (χ0) is 24.1. The first kappa shape index (κ1) is 24.6. The Kier molecular flexibility index (Phi) is 7.85. The number of rotatable bonds is 7. The first-order valence-electron chi connectivity index (χ1n) is 12.0. The number of amides is 1. The summed E-state index contributed by atoms with van der Waals surface area (Å²) in [4.78, 5) is 21.6. The van der Waals surface area contributed by atoms with Crippen LogP contribution in [0.15, 0.2) is 48.7 Å². The highest BCUT2D eigenvalue weighted by molar-refractivity contribution is 7.88. The van der Waals surface area contributed by atoms with Crippen molar-refractivity contribution in [3.63, 3.8) is 0 Å². The summed E-state index contributed by atoms with van der Waals surface area (Å²) in [7, 11) is -3.34. The van der Waals surface area contributed by atoms with Crippen LogP contribution in [0.25, 0.3) is 0 Å². The number of pyridine rings is 1. The molecule has 0 spiro atoms. The van der Waals surface area contributed by atoms with Gasteiger partial charge >= 0.3 is 0 Å². The van der Waals surface area contributed by atoms with Crippen LogP contribution in [0.3, 0.4) is 0 Å². The van der Waals surface area contributed by atoms with Crippen molar-refractivity contribution in [3.8, 4) is 0 Å². The molecule has 1 aromatic carbocycles. The van der Waals surface area contributed by atoms with E-state index in [-0.39, 0.29) is 23.8 Å². The van der Waals surface area contributed by atoms with E-state index in [1.807, 2.05) is 47.4 Å². The van der Waals surface area contributed by atoms with Crippen molar-refractivity contribution in [1.29, 1.82) is 0 Å². The molecule has 2 saturated heterocycles. The maximum absolute atomic E-state index is 13.2. The molecule has 0 radical (unpaired) electrons. The molecule has 4 rings (SSSR count). The first-order chi connectivity index (χ1) is 16.3. The molecule has 3 N–H and O–H groups in total. The van der Waals surface area contributed by atoms with Crippen LogP contribution in [0.1, 0.15) is 42.9 Å². The van der Waals surface area contributed by atoms with Gasteiger partial charge in [-0.05, 0) is 68.0 Å². The number of aromatic nitrogens is 1. The van der Waals surface area contributed by atoms with Crippen LogP contribution in [0.5, 0.6) is 0 Å². The lowest BCUT2D eigenvalue weighted by Crippen LogP contribution is -2.47. The van der Waals surface area contributed by atoms with E-state index in [0.717, 1.165) is 56.4 Å². The molecule has 1 amide bonds. The average molecular weight is 486 g/mol. The number of nitrogens with zero attached hydrogens (tertiary/aromatic N) is 3. The molecule has 8 nitrogen and oxygen atoms in total. The first-order valence-corrected chi connectivity index (χ1v) is 13.9. The van der Waals surface area contributed by atoms with Crippen LogP contribution in [0.4, 0.5) is 5.82 Å². The van der Waals surface area contributed by atoms with Gasteiger partial charge in [-0.1, -0.05) is 30.3 Å². The Hall–Kier alpha value is -2.49. The number of likely N-dealkylation sites (tertiary alicyclic amines) is 2. The van der Waals surface area contributed by atoms with Gasteiger partial charge in [0.25, 0.3) is 0 Å². The Labute approximate surface area is 202 Å². The van der Waals surface area contributed by atoms with Gasteiger partial charge in [0, 0.05) is 37.8 Å². The van der Waals surface area contributed by atoms with Crippen molar-refractivity contribution in [1.82, 2.24) is 19.5 Å². The summed E-state index contributed by atoms with van der Waals surface area (Å²) in [5.41, 5.74) is 7.91. The van der Waals surface area contributed by atoms with E-state index in [4.69, 9.17) is 5.73 Å². The van der Waals surface area contributed by atoms with E-state index >= 15 is 0 Å². The molecule has 0 saturated carbocycles. The van der Waals surface area contributed by atoms with Gasteiger partial charge < -0.3 is 10.6 Å². The van der Waals surface area contributed by atoms with Crippen molar-refractivity contribution < 1.29 is 13.2 Å². The predicted octanol–water partition coefficient (Wildman–Crippen LogP) is 2.40. The number of benzene rings is 1. The van der Waals surface area contributed by atoms with E-state index in [1.54, 1.807) is 6.20 Å². The fourth-order valence-corrected chi connectivity index (χ4v) is 6.02. The molecular formula is C25H35N5O3S. The van der Waals surface area contributed by atoms with Gasteiger partial charge in [0.05, 0.1) is 6.26 Å². The molecule has 3 heterocycles. The summed E-state index contributed by atoms with van der Waals surface area (Å²) in [5.74, 6) is 1.01. The van der Waals surface area contributed by atoms with Crippen molar-refractivity contribution in [2.24, 2.45) is 11.8 Å². The van der Waals surface area contributed by atoms with Crippen molar-refractivity contribution in [3.05, 3.63) is 59.8 Å². The summed E-state index contributed by atoms with van der Waals surface area (Å²) >= 11 is 0. The Morgan fingerprint density at radius 3 is 2.38 bits per heavy atom. The van der Waals surface area contributed by atoms with E-state index in [0.29, 0.717) is 18.9 Å². The van der Waals surface area contributed by atoms with E-state index in [2.05, 4.69) is 14.6 Å². The van der Waals surface area contributed by atoms with Crippen molar-refractivity contribution in [2.75, 3.05) is 38.2 Å². The number of nitrogens with two attached hydrogens (primary N) is 1. The number of hydrogen-bond donors (Lipinski definition) is 2. The van der Waals surface area contributed by atoms with Gasteiger partial charge in [0.15, 0.2) is 0 Å². The number of carbonyl (C=O) groups is 1. The fourth-order valence-electron chi connectivity index (χ4n) is 5.23. The molecule has 0 bridgehead atoms. The van der Waals surface area contributed by atoms with Crippen LogP contribution in [-0.2, 0) is 21.4 Å². The summed E-state index contributed by atoms with van der Waals surface area (Å²) in [6, 6.07) is 13.4. The zero-order valence-corrected chi connectivity index (χ0v) is 20.6. The Morgan fingerprint density at radius 2 is 1.76 bits per heavy atom. The minimum Gasteiger partial charge on any atom is -0.384 e. The summed E-state index contributed by atoms with van der Waals surface area (Å²) < 4.78 is 26.8. The van der Waals surface area contributed by atoms with Crippen LogP contribution in [-0.4, -0.2) is 61.5 Å². The lowest BCUT2D eigenvalue weighted by molar-refractivity contribution is -0.138. The van der Waals surface area contributed by atoms with Crippen LogP contribution in [0.2, 0.25) is 0 Å². The molecule has 2 aromatic rings. The van der Waals surface area contributed by atoms with E-state index < -0.39 is 10.0 Å². The SMILES string of the molecule is CS(=O)(=O)NC(c1ccccc1)C1CCN(C(=O)C2CCN(Cc3ccnc(N)c3)CC2)CC1. The second-order valence-electron chi connectivity index (χ2n) is 9.58. The summed E-state index contributed by atoms with van der Waals surface area (Å²) in [5, 5.41) is 0. The Balaban J connectivity index is 1.29. The molecule has 2 aliphatic rings. The maximum atomic E-state index is 13.2. The largest absolute Gasteiger partial charge is 0.384 e. The standard InChI is InChI=1S/C25H35N5O3S/c1-34(32,33)28-24(20-5-3-2-4-6-20)21-10-15-30(16-11-21)25(31)22-8-13-29(14-9-22)18-19-7-12-27-23(26)17-19/h2-7,12,17,21-22,24,28H,8-11,13-16,18H2,1H3,(H2,26,27). The number of hydrogen-bond acceptors (Lipinski definition) is 6. The molecule has 1 atom stereocenters. The third-order valence-electron chi connectivity index (χ3n) is 7.01. The zero-order valence-electron chi connectivity index (χ0n) is 19.8.